The van der Waals surface area contributed by atoms with Crippen LogP contribution in [0.25, 0.3) is 16.8 Å². The molecular weight excluding hydrogens is 410 g/mol. The molecule has 0 radical (unpaired) electrons. The lowest BCUT2D eigenvalue weighted by Crippen LogP contribution is -2.13. The summed E-state index contributed by atoms with van der Waals surface area (Å²) in [5, 5.41) is 8.87. The highest BCUT2D eigenvalue weighted by molar-refractivity contribution is 7.90. The molecule has 0 aliphatic heterocycles. The van der Waals surface area contributed by atoms with E-state index in [1.165, 1.54) is 9.55 Å². The summed E-state index contributed by atoms with van der Waals surface area (Å²) in [7, 11) is -3.76. The molecule has 3 aromatic heterocycles. The summed E-state index contributed by atoms with van der Waals surface area (Å²) in [6.45, 7) is 6.23. The third-order valence-electron chi connectivity index (χ3n) is 6.48. The van der Waals surface area contributed by atoms with Gasteiger partial charge in [-0.15, -0.1) is 10.2 Å². The van der Waals surface area contributed by atoms with Gasteiger partial charge in [-0.25, -0.2) is 17.4 Å². The van der Waals surface area contributed by atoms with Crippen LogP contribution >= 0.6 is 0 Å². The van der Waals surface area contributed by atoms with Crippen LogP contribution in [0.15, 0.2) is 59.3 Å². The Morgan fingerprint density at radius 1 is 1.13 bits per heavy atom. The summed E-state index contributed by atoms with van der Waals surface area (Å²) >= 11 is 0. The third kappa shape index (κ3) is 3.08. The van der Waals surface area contributed by atoms with Gasteiger partial charge in [0, 0.05) is 12.1 Å². The van der Waals surface area contributed by atoms with E-state index in [2.05, 4.69) is 35.1 Å². The smallest absolute Gasteiger partial charge is 0.269 e. The maximum Gasteiger partial charge on any atom is 0.269 e. The highest BCUT2D eigenvalue weighted by Crippen LogP contribution is 2.44. The summed E-state index contributed by atoms with van der Waals surface area (Å²) < 4.78 is 29.8. The minimum atomic E-state index is -3.76. The first-order valence-corrected chi connectivity index (χ1v) is 12.1. The van der Waals surface area contributed by atoms with E-state index in [4.69, 9.17) is 0 Å². The zero-order chi connectivity index (χ0) is 21.8. The van der Waals surface area contributed by atoms with Crippen LogP contribution < -0.4 is 0 Å². The van der Waals surface area contributed by atoms with Crippen LogP contribution in [0.4, 0.5) is 0 Å². The molecule has 5 rings (SSSR count). The Kier molecular flexibility index (Phi) is 4.69. The quantitative estimate of drug-likeness (QED) is 0.442. The van der Waals surface area contributed by atoms with E-state index in [1.54, 1.807) is 42.7 Å². The second kappa shape index (κ2) is 7.30. The Hall–Kier alpha value is -3.00. The monoisotopic (exact) mass is 435 g/mol. The Balaban J connectivity index is 1.68. The maximum absolute atomic E-state index is 13.3. The van der Waals surface area contributed by atoms with Crippen molar-refractivity contribution < 1.29 is 8.42 Å². The zero-order valence-electron chi connectivity index (χ0n) is 17.9. The van der Waals surface area contributed by atoms with E-state index in [0.29, 0.717) is 22.7 Å². The van der Waals surface area contributed by atoms with E-state index in [0.717, 1.165) is 30.7 Å². The van der Waals surface area contributed by atoms with Crippen molar-refractivity contribution in [3.63, 3.8) is 0 Å². The Bertz CT molecular complexity index is 1410. The fourth-order valence-corrected chi connectivity index (χ4v) is 5.98. The van der Waals surface area contributed by atoms with E-state index in [9.17, 15) is 8.42 Å². The van der Waals surface area contributed by atoms with Crippen LogP contribution in [0.3, 0.4) is 0 Å². The number of nitrogens with zero attached hydrogens (tertiary/aromatic N) is 5. The third-order valence-corrected chi connectivity index (χ3v) is 8.16. The fourth-order valence-electron chi connectivity index (χ4n) is 4.69. The summed E-state index contributed by atoms with van der Waals surface area (Å²) in [6, 6.07) is 8.64. The molecule has 160 valence electrons. The van der Waals surface area contributed by atoms with Crippen molar-refractivity contribution >= 4 is 26.8 Å². The van der Waals surface area contributed by atoms with Crippen molar-refractivity contribution in [2.45, 2.75) is 50.8 Å². The minimum Gasteiger partial charge on any atom is -0.274 e. The molecule has 0 unspecified atom stereocenters. The topological polar surface area (TPSA) is 82.2 Å². The van der Waals surface area contributed by atoms with Gasteiger partial charge in [0.05, 0.1) is 16.6 Å². The van der Waals surface area contributed by atoms with E-state index < -0.39 is 10.0 Å². The van der Waals surface area contributed by atoms with Crippen molar-refractivity contribution in [2.75, 3.05) is 0 Å². The molecule has 0 spiro atoms. The molecule has 1 aromatic carbocycles. The molecule has 7 nitrogen and oxygen atoms in total. The summed E-state index contributed by atoms with van der Waals surface area (Å²) in [5.41, 5.74) is 4.17. The van der Waals surface area contributed by atoms with Crippen molar-refractivity contribution in [3.8, 4) is 0 Å². The SMILES string of the molecule is C/C=C1\C[C@@H](CC)[C@@H](c2nnc3cnc4c(ccn4S(=O)(=O)c4ccc(C)cc4)n23)C1. The van der Waals surface area contributed by atoms with Gasteiger partial charge in [-0.1, -0.05) is 42.7 Å². The van der Waals surface area contributed by atoms with Crippen molar-refractivity contribution in [3.05, 3.63) is 65.8 Å². The number of rotatable bonds is 4. The fraction of sp³-hybridized carbons (Fsp3) is 0.348. The average Bonchev–Trinajstić information content (AvgIpc) is 3.48. The number of benzene rings is 1. The van der Waals surface area contributed by atoms with Gasteiger partial charge in [-0.2, -0.15) is 0 Å². The van der Waals surface area contributed by atoms with Crippen LogP contribution in [0, 0.1) is 12.8 Å². The molecule has 4 aromatic rings. The van der Waals surface area contributed by atoms with Gasteiger partial charge in [0.15, 0.2) is 11.3 Å². The lowest BCUT2D eigenvalue weighted by Gasteiger charge is -2.16. The summed E-state index contributed by atoms with van der Waals surface area (Å²) in [6.07, 6.45) is 8.47. The number of hydrogen-bond acceptors (Lipinski definition) is 5. The molecule has 1 aliphatic rings. The molecular formula is C23H25N5O2S. The zero-order valence-corrected chi connectivity index (χ0v) is 18.7. The second-order valence-corrected chi connectivity index (χ2v) is 10.1. The molecule has 1 aliphatic carbocycles. The van der Waals surface area contributed by atoms with Crippen LogP contribution in [-0.4, -0.2) is 32.0 Å². The first kappa shape index (κ1) is 19.9. The highest BCUT2D eigenvalue weighted by Gasteiger charge is 2.34. The highest BCUT2D eigenvalue weighted by atomic mass is 32.2. The van der Waals surface area contributed by atoms with Crippen LogP contribution in [0.5, 0.6) is 0 Å². The Morgan fingerprint density at radius 3 is 2.61 bits per heavy atom. The van der Waals surface area contributed by atoms with E-state index >= 15 is 0 Å². The number of aromatic nitrogens is 5. The van der Waals surface area contributed by atoms with Gasteiger partial charge in [0.25, 0.3) is 10.0 Å². The van der Waals surface area contributed by atoms with Gasteiger partial charge < -0.3 is 0 Å². The molecule has 0 saturated heterocycles. The van der Waals surface area contributed by atoms with Crippen molar-refractivity contribution in [2.24, 2.45) is 5.92 Å². The standard InChI is InChI=1S/C23H25N5O2S/c1-4-16-12-17(5-2)19(13-16)22-26-25-21-14-24-23-20(28(21)22)10-11-27(23)31(29,30)18-8-6-15(3)7-9-18/h4,6-11,14,17,19H,5,12-13H2,1-3H3/b16-4+/t17-,19+/m1/s1. The Morgan fingerprint density at radius 2 is 1.90 bits per heavy atom. The summed E-state index contributed by atoms with van der Waals surface area (Å²) in [4.78, 5) is 4.68. The minimum absolute atomic E-state index is 0.237. The van der Waals surface area contributed by atoms with Gasteiger partial charge in [-0.05, 0) is 50.8 Å². The molecule has 3 heterocycles. The van der Waals surface area contributed by atoms with Gasteiger partial charge >= 0.3 is 0 Å². The molecule has 0 amide bonds. The lowest BCUT2D eigenvalue weighted by atomic mass is 9.93. The number of hydrogen-bond donors (Lipinski definition) is 0. The first-order chi connectivity index (χ1) is 14.9. The summed E-state index contributed by atoms with van der Waals surface area (Å²) in [5.74, 6) is 1.64. The molecule has 0 bridgehead atoms. The largest absolute Gasteiger partial charge is 0.274 e. The van der Waals surface area contributed by atoms with Gasteiger partial charge in [-0.3, -0.25) is 4.40 Å². The molecule has 1 fully saturated rings. The molecule has 1 saturated carbocycles. The number of fused-ring (bicyclic) bond motifs is 3. The van der Waals surface area contributed by atoms with Crippen molar-refractivity contribution in [1.29, 1.82) is 0 Å². The average molecular weight is 436 g/mol. The van der Waals surface area contributed by atoms with Crippen LogP contribution in [-0.2, 0) is 10.0 Å². The lowest BCUT2D eigenvalue weighted by molar-refractivity contribution is 0.452. The van der Waals surface area contributed by atoms with E-state index in [-0.39, 0.29) is 10.8 Å². The Labute approximate surface area is 181 Å². The first-order valence-electron chi connectivity index (χ1n) is 10.6. The number of aryl methyl sites for hydroxylation is 1. The second-order valence-electron chi connectivity index (χ2n) is 8.28. The van der Waals surface area contributed by atoms with E-state index in [1.807, 2.05) is 11.3 Å². The van der Waals surface area contributed by atoms with Crippen LogP contribution in [0.2, 0.25) is 0 Å². The molecule has 2 atom stereocenters. The molecule has 8 heteroatoms. The maximum atomic E-state index is 13.3. The van der Waals surface area contributed by atoms with Gasteiger partial charge in [0.2, 0.25) is 0 Å². The predicted molar refractivity (Wildman–Crippen MR) is 120 cm³/mol. The number of allylic oxidation sites excluding steroid dienone is 2. The van der Waals surface area contributed by atoms with Crippen LogP contribution in [0.1, 0.15) is 50.4 Å². The normalized spacial score (nSPS) is 20.9. The predicted octanol–water partition coefficient (Wildman–Crippen LogP) is 4.47. The molecule has 31 heavy (non-hydrogen) atoms. The molecule has 0 N–H and O–H groups in total. The van der Waals surface area contributed by atoms with Gasteiger partial charge in [0.1, 0.15) is 5.82 Å². The van der Waals surface area contributed by atoms with Crippen molar-refractivity contribution in [1.82, 2.24) is 23.6 Å².